The van der Waals surface area contributed by atoms with E-state index in [1.165, 1.54) is 12.3 Å². The van der Waals surface area contributed by atoms with Gasteiger partial charge in [-0.05, 0) is 61.0 Å². The number of aliphatic imine (C=N–C) groups is 1. The standard InChI is InChI=1S/C27H22ClF3N8O/c1-16-3-5-18(37-26(40)38-19-7-8-23(28)22(12-19)27(29,30)31)11-17(16)4-6-20-13-33-25(36-20)24(9-10-32)35-21-14-34-39(2)15-21/h3,5,7-15H,32H2,1-2H3,(H,33,36)(H2,37,38,40). The Hall–Kier alpha value is -5.02. The van der Waals surface area contributed by atoms with Crippen LogP contribution in [0.15, 0.2) is 72.3 Å². The molecule has 13 heteroatoms. The number of nitrogens with two attached hydrogens (primary N) is 1. The number of carbonyl (C=O) groups is 1. The molecule has 0 saturated carbocycles. The second-order valence-corrected chi connectivity index (χ2v) is 8.83. The first-order chi connectivity index (χ1) is 19.0. The Bertz CT molecular complexity index is 1670. The number of hydrogen-bond donors (Lipinski definition) is 4. The zero-order valence-electron chi connectivity index (χ0n) is 21.1. The number of amides is 2. The summed E-state index contributed by atoms with van der Waals surface area (Å²) in [4.78, 5) is 24.3. The van der Waals surface area contributed by atoms with E-state index in [2.05, 4.69) is 42.5 Å². The van der Waals surface area contributed by atoms with Gasteiger partial charge in [0.05, 0.1) is 29.2 Å². The maximum Gasteiger partial charge on any atom is 0.417 e. The van der Waals surface area contributed by atoms with Crippen molar-refractivity contribution < 1.29 is 18.0 Å². The fourth-order valence-electron chi connectivity index (χ4n) is 3.46. The van der Waals surface area contributed by atoms with E-state index in [0.717, 1.165) is 17.7 Å². The molecule has 204 valence electrons. The highest BCUT2D eigenvalue weighted by atomic mass is 35.5. The number of hydrogen-bond acceptors (Lipinski definition) is 5. The monoisotopic (exact) mass is 566 g/mol. The van der Waals surface area contributed by atoms with Crippen molar-refractivity contribution in [1.29, 1.82) is 0 Å². The summed E-state index contributed by atoms with van der Waals surface area (Å²) in [6.07, 6.45) is 3.20. The molecule has 0 bridgehead atoms. The summed E-state index contributed by atoms with van der Waals surface area (Å²) < 4.78 is 40.9. The Balaban J connectivity index is 1.49. The number of urea groups is 1. The lowest BCUT2D eigenvalue weighted by Gasteiger charge is -2.12. The number of allylic oxidation sites excluding steroid dienone is 1. The Kier molecular flexibility index (Phi) is 8.26. The Morgan fingerprint density at radius 3 is 2.55 bits per heavy atom. The maximum atomic E-state index is 13.1. The van der Waals surface area contributed by atoms with Crippen LogP contribution < -0.4 is 16.4 Å². The topological polar surface area (TPSA) is 126 Å². The number of imidazole rings is 1. The molecule has 0 aliphatic rings. The molecular weight excluding hydrogens is 545 g/mol. The Morgan fingerprint density at radius 1 is 1.15 bits per heavy atom. The molecule has 4 aromatic rings. The molecule has 0 fully saturated rings. The van der Waals surface area contributed by atoms with Gasteiger partial charge in [-0.3, -0.25) is 4.68 Å². The Morgan fingerprint density at radius 2 is 1.88 bits per heavy atom. The minimum Gasteiger partial charge on any atom is -0.405 e. The number of alkyl halides is 3. The molecule has 0 saturated heterocycles. The molecule has 9 nitrogen and oxygen atoms in total. The van der Waals surface area contributed by atoms with E-state index in [-0.39, 0.29) is 5.69 Å². The number of H-pyrrole nitrogens is 1. The number of aromatic nitrogens is 4. The van der Waals surface area contributed by atoms with E-state index in [4.69, 9.17) is 17.3 Å². The van der Waals surface area contributed by atoms with Gasteiger partial charge in [0, 0.05) is 24.0 Å². The average Bonchev–Trinajstić information content (AvgIpc) is 3.53. The molecule has 0 spiro atoms. The number of aromatic amines is 1. The van der Waals surface area contributed by atoms with Crippen LogP contribution in [0.2, 0.25) is 5.02 Å². The Labute approximate surface area is 232 Å². The minimum absolute atomic E-state index is 0.0627. The van der Waals surface area contributed by atoms with Crippen molar-refractivity contribution in [1.82, 2.24) is 19.7 Å². The number of aryl methyl sites for hydroxylation is 2. The van der Waals surface area contributed by atoms with Crippen molar-refractivity contribution in [3.63, 3.8) is 0 Å². The molecule has 2 amide bonds. The van der Waals surface area contributed by atoms with Gasteiger partial charge < -0.3 is 21.4 Å². The van der Waals surface area contributed by atoms with E-state index in [9.17, 15) is 18.0 Å². The normalized spacial score (nSPS) is 11.8. The van der Waals surface area contributed by atoms with Gasteiger partial charge in [0.2, 0.25) is 0 Å². The molecule has 0 aliphatic carbocycles. The van der Waals surface area contributed by atoms with Crippen molar-refractivity contribution in [2.75, 3.05) is 10.6 Å². The summed E-state index contributed by atoms with van der Waals surface area (Å²) in [6, 6.07) is 7.44. The van der Waals surface area contributed by atoms with E-state index in [1.807, 2.05) is 6.92 Å². The van der Waals surface area contributed by atoms with Crippen molar-refractivity contribution in [3.05, 3.63) is 100 Å². The molecule has 0 unspecified atom stereocenters. The minimum atomic E-state index is -4.65. The molecule has 4 rings (SSSR count). The van der Waals surface area contributed by atoms with Crippen LogP contribution in [-0.4, -0.2) is 31.5 Å². The van der Waals surface area contributed by atoms with Crippen molar-refractivity contribution in [3.8, 4) is 11.8 Å². The van der Waals surface area contributed by atoms with Crippen LogP contribution in [0.25, 0.3) is 0 Å². The lowest BCUT2D eigenvalue weighted by molar-refractivity contribution is -0.137. The fraction of sp³-hybridized carbons (Fsp3) is 0.111. The molecule has 40 heavy (non-hydrogen) atoms. The van der Waals surface area contributed by atoms with Gasteiger partial charge >= 0.3 is 12.2 Å². The molecule has 5 N–H and O–H groups in total. The maximum absolute atomic E-state index is 13.1. The smallest absolute Gasteiger partial charge is 0.405 e. The average molecular weight is 567 g/mol. The third-order valence-corrected chi connectivity index (χ3v) is 5.70. The van der Waals surface area contributed by atoms with E-state index in [0.29, 0.717) is 34.2 Å². The SMILES string of the molecule is Cc1ccc(NC(=O)Nc2ccc(Cl)c(C(F)(F)F)c2)cc1C#Cc1cnc(C(C=CN)=Nc2cnn(C)c2)[nH]1. The van der Waals surface area contributed by atoms with Crippen LogP contribution in [0.3, 0.4) is 0 Å². The zero-order chi connectivity index (χ0) is 28.9. The zero-order valence-corrected chi connectivity index (χ0v) is 21.9. The van der Waals surface area contributed by atoms with Gasteiger partial charge in [-0.15, -0.1) is 0 Å². The quantitative estimate of drug-likeness (QED) is 0.181. The molecule has 2 aromatic heterocycles. The fourth-order valence-corrected chi connectivity index (χ4v) is 3.69. The van der Waals surface area contributed by atoms with Gasteiger partial charge in [-0.1, -0.05) is 23.6 Å². The van der Waals surface area contributed by atoms with Gasteiger partial charge in [0.1, 0.15) is 17.1 Å². The van der Waals surface area contributed by atoms with Crippen molar-refractivity contribution >= 4 is 40.4 Å². The first kappa shape index (κ1) is 28.0. The number of carbonyl (C=O) groups excluding carboxylic acids is 1. The first-order valence-corrected chi connectivity index (χ1v) is 12.0. The number of halogens is 4. The summed E-state index contributed by atoms with van der Waals surface area (Å²) in [5, 5.41) is 8.59. The molecule has 2 heterocycles. The molecule has 0 atom stereocenters. The van der Waals surface area contributed by atoms with Gasteiger partial charge in [-0.2, -0.15) is 18.3 Å². The second-order valence-electron chi connectivity index (χ2n) is 8.43. The first-order valence-electron chi connectivity index (χ1n) is 11.6. The number of anilines is 2. The molecular formula is C27H22ClF3N8O. The highest BCUT2D eigenvalue weighted by molar-refractivity contribution is 6.31. The van der Waals surface area contributed by atoms with E-state index in [1.54, 1.807) is 54.6 Å². The van der Waals surface area contributed by atoms with Gasteiger partial charge in [-0.25, -0.2) is 14.8 Å². The summed E-state index contributed by atoms with van der Waals surface area (Å²) >= 11 is 5.63. The molecule has 0 aliphatic heterocycles. The van der Waals surface area contributed by atoms with Crippen LogP contribution in [0.5, 0.6) is 0 Å². The third-order valence-electron chi connectivity index (χ3n) is 5.37. The van der Waals surface area contributed by atoms with Gasteiger partial charge in [0.15, 0.2) is 5.82 Å². The highest BCUT2D eigenvalue weighted by Crippen LogP contribution is 2.36. The summed E-state index contributed by atoms with van der Waals surface area (Å²) in [5.41, 5.74) is 7.93. The number of nitrogens with one attached hydrogen (secondary N) is 3. The van der Waals surface area contributed by atoms with Crippen LogP contribution in [0, 0.1) is 18.8 Å². The van der Waals surface area contributed by atoms with Crippen LogP contribution >= 0.6 is 11.6 Å². The van der Waals surface area contributed by atoms with Crippen LogP contribution in [0.4, 0.5) is 35.0 Å². The van der Waals surface area contributed by atoms with Crippen LogP contribution in [-0.2, 0) is 13.2 Å². The predicted molar refractivity (Wildman–Crippen MR) is 148 cm³/mol. The summed E-state index contributed by atoms with van der Waals surface area (Å²) in [5.74, 6) is 6.48. The van der Waals surface area contributed by atoms with Crippen LogP contribution in [0.1, 0.15) is 28.2 Å². The van der Waals surface area contributed by atoms with E-state index < -0.39 is 22.8 Å². The number of rotatable bonds is 5. The third kappa shape index (κ3) is 7.09. The van der Waals surface area contributed by atoms with Gasteiger partial charge in [0.25, 0.3) is 0 Å². The second kappa shape index (κ2) is 11.8. The highest BCUT2D eigenvalue weighted by Gasteiger charge is 2.33. The lowest BCUT2D eigenvalue weighted by Crippen LogP contribution is -2.20. The lowest BCUT2D eigenvalue weighted by atomic mass is 10.1. The van der Waals surface area contributed by atoms with Crippen molar-refractivity contribution in [2.24, 2.45) is 17.8 Å². The predicted octanol–water partition coefficient (Wildman–Crippen LogP) is 5.76. The number of benzene rings is 2. The molecule has 2 aromatic carbocycles. The summed E-state index contributed by atoms with van der Waals surface area (Å²) in [6.45, 7) is 1.85. The largest absolute Gasteiger partial charge is 0.417 e. The van der Waals surface area contributed by atoms with E-state index >= 15 is 0 Å². The molecule has 0 radical (unpaired) electrons. The van der Waals surface area contributed by atoms with Crippen molar-refractivity contribution in [2.45, 2.75) is 13.1 Å². The summed E-state index contributed by atoms with van der Waals surface area (Å²) in [7, 11) is 1.78. The number of nitrogens with zero attached hydrogens (tertiary/aromatic N) is 4.